The van der Waals surface area contributed by atoms with E-state index in [1.807, 2.05) is 27.7 Å². The monoisotopic (exact) mass is 231 g/mol. The Kier molecular flexibility index (Phi) is 5.97. The largest absolute Gasteiger partial charge is 0.460 e. The first-order valence-electron chi connectivity index (χ1n) is 5.81. The van der Waals surface area contributed by atoms with Crippen molar-refractivity contribution in [3.8, 4) is 0 Å². The van der Waals surface area contributed by atoms with Crippen molar-refractivity contribution in [2.75, 3.05) is 13.1 Å². The average molecular weight is 231 g/mol. The summed E-state index contributed by atoms with van der Waals surface area (Å²) >= 11 is 0. The lowest BCUT2D eigenvalue weighted by atomic mass is 10.0. The van der Waals surface area contributed by atoms with Crippen LogP contribution in [0.2, 0.25) is 0 Å². The predicted octanol–water partition coefficient (Wildman–Crippen LogP) is 1.47. The number of nitrogens with one attached hydrogen (secondary N) is 1. The molecule has 4 heteroatoms. The molecule has 16 heavy (non-hydrogen) atoms. The molecule has 0 aliphatic heterocycles. The Bertz CT molecular complexity index is 219. The van der Waals surface area contributed by atoms with Crippen LogP contribution in [0.15, 0.2) is 0 Å². The van der Waals surface area contributed by atoms with E-state index in [-0.39, 0.29) is 5.97 Å². The maximum atomic E-state index is 11.3. The minimum Gasteiger partial charge on any atom is -0.460 e. The Morgan fingerprint density at radius 3 is 2.31 bits per heavy atom. The minimum atomic E-state index is -0.700. The first kappa shape index (κ1) is 15.4. The Morgan fingerprint density at radius 2 is 1.88 bits per heavy atom. The lowest BCUT2D eigenvalue weighted by Gasteiger charge is -2.22. The fourth-order valence-corrected chi connectivity index (χ4v) is 1.07. The van der Waals surface area contributed by atoms with Gasteiger partial charge in [0.1, 0.15) is 5.60 Å². The molecule has 0 heterocycles. The molecule has 0 fully saturated rings. The summed E-state index contributed by atoms with van der Waals surface area (Å²) < 4.78 is 5.15. The summed E-state index contributed by atoms with van der Waals surface area (Å²) in [6.07, 6.45) is 1.02. The van der Waals surface area contributed by atoms with Crippen molar-refractivity contribution in [3.05, 3.63) is 0 Å². The molecule has 0 aromatic rings. The van der Waals surface area contributed by atoms with Gasteiger partial charge in [-0.15, -0.1) is 0 Å². The Balaban J connectivity index is 3.64. The minimum absolute atomic E-state index is 0.212. The standard InChI is InChI=1S/C12H25NO3/c1-6-12(5,15)9-13-8-7-10(14)16-11(2,3)4/h13,15H,6-9H2,1-5H3. The van der Waals surface area contributed by atoms with Crippen LogP contribution in [0.5, 0.6) is 0 Å². The van der Waals surface area contributed by atoms with Crippen LogP contribution >= 0.6 is 0 Å². The van der Waals surface area contributed by atoms with E-state index in [1.165, 1.54) is 0 Å². The van der Waals surface area contributed by atoms with Gasteiger partial charge in [-0.2, -0.15) is 0 Å². The molecule has 1 atom stereocenters. The van der Waals surface area contributed by atoms with E-state index in [0.717, 1.165) is 0 Å². The number of hydrogen-bond donors (Lipinski definition) is 2. The zero-order valence-corrected chi connectivity index (χ0v) is 11.1. The quantitative estimate of drug-likeness (QED) is 0.537. The van der Waals surface area contributed by atoms with Gasteiger partial charge in [-0.3, -0.25) is 4.79 Å². The molecule has 1 unspecified atom stereocenters. The van der Waals surface area contributed by atoms with Crippen molar-refractivity contribution in [1.82, 2.24) is 5.32 Å². The summed E-state index contributed by atoms with van der Waals surface area (Å²) in [6.45, 7) is 10.3. The summed E-state index contributed by atoms with van der Waals surface area (Å²) in [6, 6.07) is 0. The first-order valence-corrected chi connectivity index (χ1v) is 5.81. The van der Waals surface area contributed by atoms with Gasteiger partial charge in [-0.1, -0.05) is 6.92 Å². The normalized spacial score (nSPS) is 15.6. The molecule has 0 amide bonds. The van der Waals surface area contributed by atoms with Crippen LogP contribution in [0.3, 0.4) is 0 Å². The third-order valence-electron chi connectivity index (χ3n) is 2.19. The van der Waals surface area contributed by atoms with Gasteiger partial charge in [0.05, 0.1) is 12.0 Å². The van der Waals surface area contributed by atoms with Gasteiger partial charge in [0.2, 0.25) is 0 Å². The van der Waals surface area contributed by atoms with Gasteiger partial charge >= 0.3 is 5.97 Å². The number of aliphatic hydroxyl groups is 1. The van der Waals surface area contributed by atoms with E-state index in [2.05, 4.69) is 5.32 Å². The van der Waals surface area contributed by atoms with Gasteiger partial charge in [-0.25, -0.2) is 0 Å². The molecule has 0 aromatic heterocycles. The van der Waals surface area contributed by atoms with Crippen molar-refractivity contribution in [3.63, 3.8) is 0 Å². The second-order valence-electron chi connectivity index (χ2n) is 5.36. The van der Waals surface area contributed by atoms with E-state index in [4.69, 9.17) is 4.74 Å². The van der Waals surface area contributed by atoms with Crippen LogP contribution < -0.4 is 5.32 Å². The Hall–Kier alpha value is -0.610. The highest BCUT2D eigenvalue weighted by atomic mass is 16.6. The van der Waals surface area contributed by atoms with Gasteiger partial charge in [0.15, 0.2) is 0 Å². The summed E-state index contributed by atoms with van der Waals surface area (Å²) in [5.41, 5.74) is -1.13. The molecule has 0 radical (unpaired) electrons. The molecule has 0 aromatic carbocycles. The fraction of sp³-hybridized carbons (Fsp3) is 0.917. The summed E-state index contributed by atoms with van der Waals surface area (Å²) in [4.78, 5) is 11.3. The third kappa shape index (κ3) is 8.68. The molecule has 0 bridgehead atoms. The topological polar surface area (TPSA) is 58.6 Å². The molecule has 0 aliphatic carbocycles. The van der Waals surface area contributed by atoms with Crippen LogP contribution in [0, 0.1) is 0 Å². The molecular formula is C12H25NO3. The van der Waals surface area contributed by atoms with Crippen molar-refractivity contribution in [2.24, 2.45) is 0 Å². The molecule has 96 valence electrons. The lowest BCUT2D eigenvalue weighted by Crippen LogP contribution is -2.38. The zero-order valence-electron chi connectivity index (χ0n) is 11.1. The molecule has 4 nitrogen and oxygen atoms in total. The molecule has 0 saturated heterocycles. The molecule has 0 aliphatic rings. The van der Waals surface area contributed by atoms with Gasteiger partial charge < -0.3 is 15.2 Å². The lowest BCUT2D eigenvalue weighted by molar-refractivity contribution is -0.154. The van der Waals surface area contributed by atoms with E-state index < -0.39 is 11.2 Å². The van der Waals surface area contributed by atoms with Crippen LogP contribution in [0.4, 0.5) is 0 Å². The van der Waals surface area contributed by atoms with Crippen molar-refractivity contribution in [2.45, 2.75) is 58.7 Å². The number of esters is 1. The van der Waals surface area contributed by atoms with Gasteiger partial charge in [-0.05, 0) is 34.1 Å². The highest BCUT2D eigenvalue weighted by Gasteiger charge is 2.18. The van der Waals surface area contributed by atoms with E-state index in [1.54, 1.807) is 6.92 Å². The van der Waals surface area contributed by atoms with Crippen molar-refractivity contribution < 1.29 is 14.6 Å². The molecule has 2 N–H and O–H groups in total. The fourth-order valence-electron chi connectivity index (χ4n) is 1.07. The summed E-state index contributed by atoms with van der Waals surface area (Å²) in [5.74, 6) is -0.212. The number of rotatable bonds is 6. The van der Waals surface area contributed by atoms with Crippen molar-refractivity contribution >= 4 is 5.97 Å². The van der Waals surface area contributed by atoms with Crippen LogP contribution in [0.25, 0.3) is 0 Å². The van der Waals surface area contributed by atoms with Gasteiger partial charge in [0, 0.05) is 13.1 Å². The molecule has 0 saturated carbocycles. The van der Waals surface area contributed by atoms with Gasteiger partial charge in [0.25, 0.3) is 0 Å². The average Bonchev–Trinajstić information content (AvgIpc) is 2.10. The molecule has 0 spiro atoms. The first-order chi connectivity index (χ1) is 7.16. The number of carbonyl (C=O) groups excluding carboxylic acids is 1. The van der Waals surface area contributed by atoms with E-state index in [0.29, 0.717) is 25.9 Å². The number of hydrogen-bond acceptors (Lipinski definition) is 4. The molecule has 0 rings (SSSR count). The van der Waals surface area contributed by atoms with E-state index >= 15 is 0 Å². The highest BCUT2D eigenvalue weighted by molar-refractivity contribution is 5.70. The second kappa shape index (κ2) is 6.21. The Morgan fingerprint density at radius 1 is 1.31 bits per heavy atom. The third-order valence-corrected chi connectivity index (χ3v) is 2.19. The van der Waals surface area contributed by atoms with Crippen LogP contribution in [-0.2, 0) is 9.53 Å². The maximum absolute atomic E-state index is 11.3. The van der Waals surface area contributed by atoms with Crippen LogP contribution in [-0.4, -0.2) is 35.4 Å². The number of carbonyl (C=O) groups is 1. The summed E-state index contributed by atoms with van der Waals surface area (Å²) in [5, 5.41) is 12.7. The zero-order chi connectivity index (χ0) is 12.8. The SMILES string of the molecule is CCC(C)(O)CNCCC(=O)OC(C)(C)C. The predicted molar refractivity (Wildman–Crippen MR) is 64.2 cm³/mol. The van der Waals surface area contributed by atoms with Crippen molar-refractivity contribution in [1.29, 1.82) is 0 Å². The van der Waals surface area contributed by atoms with E-state index in [9.17, 15) is 9.90 Å². The smallest absolute Gasteiger partial charge is 0.307 e. The highest BCUT2D eigenvalue weighted by Crippen LogP contribution is 2.08. The molecular weight excluding hydrogens is 206 g/mol. The van der Waals surface area contributed by atoms with Crippen LogP contribution in [0.1, 0.15) is 47.5 Å². The Labute approximate surface area is 98.4 Å². The second-order valence-corrected chi connectivity index (χ2v) is 5.36. The summed E-state index contributed by atoms with van der Waals surface area (Å²) in [7, 11) is 0. The maximum Gasteiger partial charge on any atom is 0.307 e. The number of ether oxygens (including phenoxy) is 1.